The third-order valence-electron chi connectivity index (χ3n) is 3.39. The highest BCUT2D eigenvalue weighted by Gasteiger charge is 2.10. The van der Waals surface area contributed by atoms with Crippen LogP contribution in [0.3, 0.4) is 0 Å². The van der Waals surface area contributed by atoms with Crippen LogP contribution in [0.15, 0.2) is 47.2 Å². The van der Waals surface area contributed by atoms with Gasteiger partial charge in [0.1, 0.15) is 17.0 Å². The number of fused-ring (bicyclic) bond motifs is 1. The largest absolute Gasteiger partial charge is 0.497 e. The lowest BCUT2D eigenvalue weighted by atomic mass is 10.2. The predicted octanol–water partition coefficient (Wildman–Crippen LogP) is 3.86. The van der Waals surface area contributed by atoms with E-state index < -0.39 is 0 Å². The molecular formula is C16H15BrN2O2. The maximum absolute atomic E-state index is 5.38. The summed E-state index contributed by atoms with van der Waals surface area (Å²) in [7, 11) is 3.33. The lowest BCUT2D eigenvalue weighted by molar-refractivity contribution is 0.414. The van der Waals surface area contributed by atoms with Crippen LogP contribution in [-0.2, 0) is 6.54 Å². The molecule has 0 aliphatic heterocycles. The first-order valence-corrected chi connectivity index (χ1v) is 7.32. The average Bonchev–Trinajstić information content (AvgIpc) is 2.90. The van der Waals surface area contributed by atoms with Crippen molar-refractivity contribution in [2.45, 2.75) is 6.54 Å². The van der Waals surface area contributed by atoms with Gasteiger partial charge in [-0.2, -0.15) is 0 Å². The van der Waals surface area contributed by atoms with Crippen LogP contribution in [0.1, 0.15) is 5.56 Å². The number of ether oxygens (including phenoxy) is 2. The minimum Gasteiger partial charge on any atom is -0.497 e. The van der Waals surface area contributed by atoms with Gasteiger partial charge >= 0.3 is 0 Å². The standard InChI is InChI=1S/C16H15BrN2O2/c1-20-13-5-3-11(4-6-13)9-19-10-18-16-14(19)7-12(17)8-15(16)21-2/h3-8,10H,9H2,1-2H3. The molecule has 0 N–H and O–H groups in total. The lowest BCUT2D eigenvalue weighted by Crippen LogP contribution is -1.98. The molecule has 5 heteroatoms. The Morgan fingerprint density at radius 1 is 1.10 bits per heavy atom. The van der Waals surface area contributed by atoms with Crippen molar-refractivity contribution in [3.05, 3.63) is 52.8 Å². The maximum atomic E-state index is 5.38. The third kappa shape index (κ3) is 2.74. The summed E-state index contributed by atoms with van der Waals surface area (Å²) >= 11 is 3.51. The van der Waals surface area contributed by atoms with Crippen LogP contribution >= 0.6 is 15.9 Å². The summed E-state index contributed by atoms with van der Waals surface area (Å²) in [5.41, 5.74) is 3.10. The normalized spacial score (nSPS) is 10.8. The van der Waals surface area contributed by atoms with E-state index in [1.165, 1.54) is 5.56 Å². The monoisotopic (exact) mass is 346 g/mol. The van der Waals surface area contributed by atoms with Gasteiger partial charge in [0.2, 0.25) is 0 Å². The number of rotatable bonds is 4. The van der Waals surface area contributed by atoms with E-state index >= 15 is 0 Å². The van der Waals surface area contributed by atoms with Crippen LogP contribution in [0.2, 0.25) is 0 Å². The summed E-state index contributed by atoms with van der Waals surface area (Å²) in [5, 5.41) is 0. The van der Waals surface area contributed by atoms with Crippen molar-refractivity contribution in [2.24, 2.45) is 0 Å². The first-order chi connectivity index (χ1) is 10.2. The fourth-order valence-electron chi connectivity index (χ4n) is 2.31. The zero-order valence-corrected chi connectivity index (χ0v) is 13.4. The van der Waals surface area contributed by atoms with Gasteiger partial charge < -0.3 is 14.0 Å². The van der Waals surface area contributed by atoms with Gasteiger partial charge in [-0.05, 0) is 29.8 Å². The number of aromatic nitrogens is 2. The molecule has 0 unspecified atom stereocenters. The smallest absolute Gasteiger partial charge is 0.147 e. The minimum absolute atomic E-state index is 0.750. The molecule has 0 fully saturated rings. The summed E-state index contributed by atoms with van der Waals surface area (Å²) in [5.74, 6) is 1.63. The molecule has 1 heterocycles. The van der Waals surface area contributed by atoms with E-state index in [4.69, 9.17) is 9.47 Å². The van der Waals surface area contributed by atoms with Gasteiger partial charge in [0, 0.05) is 11.0 Å². The fourth-order valence-corrected chi connectivity index (χ4v) is 2.73. The van der Waals surface area contributed by atoms with Gasteiger partial charge in [-0.25, -0.2) is 4.98 Å². The second-order valence-corrected chi connectivity index (χ2v) is 5.61. The van der Waals surface area contributed by atoms with Gasteiger partial charge in [-0.3, -0.25) is 0 Å². The Balaban J connectivity index is 1.98. The van der Waals surface area contributed by atoms with Crippen LogP contribution in [0.25, 0.3) is 11.0 Å². The summed E-state index contributed by atoms with van der Waals surface area (Å²) in [6.45, 7) is 0.750. The molecule has 1 aromatic heterocycles. The van der Waals surface area contributed by atoms with E-state index in [2.05, 4.69) is 37.6 Å². The topological polar surface area (TPSA) is 36.3 Å². The molecule has 2 aromatic carbocycles. The van der Waals surface area contributed by atoms with Crippen molar-refractivity contribution < 1.29 is 9.47 Å². The van der Waals surface area contributed by atoms with Crippen LogP contribution < -0.4 is 9.47 Å². The second-order valence-electron chi connectivity index (χ2n) is 4.70. The Kier molecular flexibility index (Phi) is 3.84. The first-order valence-electron chi connectivity index (χ1n) is 6.52. The number of methoxy groups -OCH3 is 2. The predicted molar refractivity (Wildman–Crippen MR) is 86.1 cm³/mol. The van der Waals surface area contributed by atoms with Crippen molar-refractivity contribution >= 4 is 27.0 Å². The molecule has 0 atom stereocenters. The molecule has 0 saturated carbocycles. The number of halogens is 1. The van der Waals surface area contributed by atoms with E-state index in [9.17, 15) is 0 Å². The fraction of sp³-hybridized carbons (Fsp3) is 0.188. The zero-order valence-electron chi connectivity index (χ0n) is 11.8. The van der Waals surface area contributed by atoms with Crippen molar-refractivity contribution in [1.82, 2.24) is 9.55 Å². The van der Waals surface area contributed by atoms with Gasteiger partial charge in [0.25, 0.3) is 0 Å². The second kappa shape index (κ2) is 5.77. The van der Waals surface area contributed by atoms with Crippen LogP contribution in [-0.4, -0.2) is 23.8 Å². The number of hydrogen-bond acceptors (Lipinski definition) is 3. The molecule has 3 aromatic rings. The molecule has 0 amide bonds. The van der Waals surface area contributed by atoms with E-state index in [1.807, 2.05) is 30.6 Å². The van der Waals surface area contributed by atoms with Crippen molar-refractivity contribution in [3.8, 4) is 11.5 Å². The minimum atomic E-state index is 0.750. The summed E-state index contributed by atoms with van der Waals surface area (Å²) in [6.07, 6.45) is 1.84. The molecule has 0 radical (unpaired) electrons. The molecule has 4 nitrogen and oxygen atoms in total. The molecular weight excluding hydrogens is 332 g/mol. The van der Waals surface area contributed by atoms with Crippen molar-refractivity contribution in [1.29, 1.82) is 0 Å². The number of nitrogens with zero attached hydrogens (tertiary/aromatic N) is 2. The zero-order chi connectivity index (χ0) is 14.8. The Morgan fingerprint density at radius 2 is 1.86 bits per heavy atom. The summed E-state index contributed by atoms with van der Waals surface area (Å²) in [6, 6.07) is 12.0. The van der Waals surface area contributed by atoms with Gasteiger partial charge in [0.05, 0.1) is 26.1 Å². The molecule has 108 valence electrons. The van der Waals surface area contributed by atoms with Crippen molar-refractivity contribution in [3.63, 3.8) is 0 Å². The first kappa shape index (κ1) is 13.9. The van der Waals surface area contributed by atoms with Crippen LogP contribution in [0, 0.1) is 0 Å². The van der Waals surface area contributed by atoms with Crippen LogP contribution in [0.5, 0.6) is 11.5 Å². The van der Waals surface area contributed by atoms with Crippen molar-refractivity contribution in [2.75, 3.05) is 14.2 Å². The Labute approximate surface area is 131 Å². The molecule has 3 rings (SSSR count). The Morgan fingerprint density at radius 3 is 2.52 bits per heavy atom. The average molecular weight is 347 g/mol. The Bertz CT molecular complexity index is 766. The highest BCUT2D eigenvalue weighted by atomic mass is 79.9. The SMILES string of the molecule is COc1ccc(Cn2cnc3c(OC)cc(Br)cc32)cc1. The molecule has 0 spiro atoms. The number of hydrogen-bond donors (Lipinski definition) is 0. The van der Waals surface area contributed by atoms with Gasteiger partial charge in [-0.15, -0.1) is 0 Å². The van der Waals surface area contributed by atoms with Gasteiger partial charge in [-0.1, -0.05) is 28.1 Å². The Hall–Kier alpha value is -2.01. The molecule has 0 aliphatic rings. The molecule has 21 heavy (non-hydrogen) atoms. The highest BCUT2D eigenvalue weighted by Crippen LogP contribution is 2.29. The highest BCUT2D eigenvalue weighted by molar-refractivity contribution is 9.10. The maximum Gasteiger partial charge on any atom is 0.147 e. The number of benzene rings is 2. The molecule has 0 saturated heterocycles. The molecule has 0 bridgehead atoms. The summed E-state index contributed by atoms with van der Waals surface area (Å²) < 4.78 is 13.6. The van der Waals surface area contributed by atoms with E-state index in [0.29, 0.717) is 0 Å². The molecule has 0 aliphatic carbocycles. The summed E-state index contributed by atoms with van der Waals surface area (Å²) in [4.78, 5) is 4.45. The van der Waals surface area contributed by atoms with E-state index in [0.717, 1.165) is 33.5 Å². The lowest BCUT2D eigenvalue weighted by Gasteiger charge is -2.07. The van der Waals surface area contributed by atoms with Gasteiger partial charge in [0.15, 0.2) is 0 Å². The third-order valence-corrected chi connectivity index (χ3v) is 3.84. The van der Waals surface area contributed by atoms with E-state index in [1.54, 1.807) is 14.2 Å². The van der Waals surface area contributed by atoms with E-state index in [-0.39, 0.29) is 0 Å². The number of imidazole rings is 1. The quantitative estimate of drug-likeness (QED) is 0.719. The van der Waals surface area contributed by atoms with Crippen LogP contribution in [0.4, 0.5) is 0 Å².